The number of para-hydroxylation sites is 1. The van der Waals surface area contributed by atoms with Crippen molar-refractivity contribution in [1.29, 1.82) is 0 Å². The maximum Gasteiger partial charge on any atom is 0.0746 e. The molecule has 2 fully saturated rings. The molecule has 2 saturated heterocycles. The normalized spacial score (nSPS) is 25.6. The van der Waals surface area contributed by atoms with Gasteiger partial charge in [-0.05, 0) is 36.6 Å². The first-order valence-electron chi connectivity index (χ1n) is 7.16. The summed E-state index contributed by atoms with van der Waals surface area (Å²) in [5.74, 6) is 1.73. The molecule has 1 aromatic heterocycles. The van der Waals surface area contributed by atoms with Crippen LogP contribution in [0.1, 0.15) is 5.56 Å². The molecule has 20 heavy (non-hydrogen) atoms. The summed E-state index contributed by atoms with van der Waals surface area (Å²) < 4.78 is 0. The largest absolute Gasteiger partial charge is 0.316 e. The van der Waals surface area contributed by atoms with Crippen LogP contribution in [0.4, 0.5) is 0 Å². The highest BCUT2D eigenvalue weighted by Crippen LogP contribution is 2.28. The first-order valence-corrected chi connectivity index (χ1v) is 7.16. The lowest BCUT2D eigenvalue weighted by molar-refractivity contribution is 0.306. The second-order valence-electron chi connectivity index (χ2n) is 5.86. The van der Waals surface area contributed by atoms with Crippen LogP contribution in [-0.2, 0) is 6.54 Å². The van der Waals surface area contributed by atoms with Crippen LogP contribution in [0.3, 0.4) is 0 Å². The summed E-state index contributed by atoms with van der Waals surface area (Å²) in [7, 11) is 0. The summed E-state index contributed by atoms with van der Waals surface area (Å²) in [4.78, 5) is 7.15. The molecule has 0 bridgehead atoms. The third kappa shape index (κ3) is 2.41. The van der Waals surface area contributed by atoms with Crippen molar-refractivity contribution in [2.24, 2.45) is 11.8 Å². The van der Waals surface area contributed by atoms with Crippen LogP contribution in [0, 0.1) is 11.8 Å². The number of rotatable bonds is 2. The van der Waals surface area contributed by atoms with Crippen LogP contribution in [0.15, 0.2) is 36.5 Å². The van der Waals surface area contributed by atoms with E-state index in [1.807, 2.05) is 12.3 Å². The SMILES string of the molecule is Cl.c1cnc2c(CN3C[C@H]4CNC[C@H]4C3)cccc2c1. The van der Waals surface area contributed by atoms with E-state index in [9.17, 15) is 0 Å². The predicted octanol–water partition coefficient (Wildman–Crippen LogP) is 2.31. The standard InChI is InChI=1S/C16H19N3.ClH/c1-3-12-5-2-6-18-16(12)13(4-1)9-19-10-14-7-17-8-15(14)11-19;/h1-6,14-15,17H,7-11H2;1H/t14-,15+;. The number of halogens is 1. The van der Waals surface area contributed by atoms with Gasteiger partial charge in [0.05, 0.1) is 5.52 Å². The van der Waals surface area contributed by atoms with Gasteiger partial charge >= 0.3 is 0 Å². The van der Waals surface area contributed by atoms with E-state index in [2.05, 4.69) is 39.5 Å². The molecule has 0 aliphatic carbocycles. The second kappa shape index (κ2) is 5.68. The van der Waals surface area contributed by atoms with Crippen LogP contribution >= 0.6 is 12.4 Å². The van der Waals surface area contributed by atoms with Crippen molar-refractivity contribution in [1.82, 2.24) is 15.2 Å². The first-order chi connectivity index (χ1) is 9.40. The van der Waals surface area contributed by atoms with E-state index in [0.29, 0.717) is 0 Å². The third-order valence-corrected chi connectivity index (χ3v) is 4.58. The first kappa shape index (κ1) is 13.8. The zero-order valence-corrected chi connectivity index (χ0v) is 12.3. The number of fused-ring (bicyclic) bond motifs is 2. The number of hydrogen-bond acceptors (Lipinski definition) is 3. The molecular weight excluding hydrogens is 270 g/mol. The van der Waals surface area contributed by atoms with Gasteiger partial charge in [-0.1, -0.05) is 24.3 Å². The summed E-state index contributed by atoms with van der Waals surface area (Å²) in [6.07, 6.45) is 1.90. The van der Waals surface area contributed by atoms with Crippen molar-refractivity contribution in [3.8, 4) is 0 Å². The number of hydrogen-bond donors (Lipinski definition) is 1. The van der Waals surface area contributed by atoms with Crippen LogP contribution in [0.2, 0.25) is 0 Å². The molecule has 4 heteroatoms. The van der Waals surface area contributed by atoms with Gasteiger partial charge in [0.2, 0.25) is 0 Å². The van der Waals surface area contributed by atoms with E-state index >= 15 is 0 Å². The van der Waals surface area contributed by atoms with Crippen molar-refractivity contribution >= 4 is 23.3 Å². The van der Waals surface area contributed by atoms with Crippen LogP contribution in [0.5, 0.6) is 0 Å². The van der Waals surface area contributed by atoms with Crippen molar-refractivity contribution in [3.05, 3.63) is 42.1 Å². The van der Waals surface area contributed by atoms with Gasteiger partial charge in [0.1, 0.15) is 0 Å². The topological polar surface area (TPSA) is 28.2 Å². The van der Waals surface area contributed by atoms with Gasteiger partial charge in [-0.3, -0.25) is 9.88 Å². The smallest absolute Gasteiger partial charge is 0.0746 e. The van der Waals surface area contributed by atoms with Crippen molar-refractivity contribution < 1.29 is 0 Å². The number of benzene rings is 1. The minimum Gasteiger partial charge on any atom is -0.316 e. The van der Waals surface area contributed by atoms with Crippen LogP contribution in [0.25, 0.3) is 10.9 Å². The summed E-state index contributed by atoms with van der Waals surface area (Å²) in [5.41, 5.74) is 2.53. The fourth-order valence-corrected chi connectivity index (χ4v) is 3.62. The second-order valence-corrected chi connectivity index (χ2v) is 5.86. The number of nitrogens with zero attached hydrogens (tertiary/aromatic N) is 2. The predicted molar refractivity (Wildman–Crippen MR) is 84.1 cm³/mol. The van der Waals surface area contributed by atoms with E-state index in [-0.39, 0.29) is 12.4 Å². The van der Waals surface area contributed by atoms with Gasteiger partial charge < -0.3 is 5.32 Å². The van der Waals surface area contributed by atoms with Crippen LogP contribution < -0.4 is 5.32 Å². The molecule has 1 aromatic carbocycles. The van der Waals surface area contributed by atoms with Gasteiger partial charge in [-0.2, -0.15) is 0 Å². The molecule has 0 unspecified atom stereocenters. The van der Waals surface area contributed by atoms with Gasteiger partial charge in [0, 0.05) is 31.2 Å². The van der Waals surface area contributed by atoms with E-state index in [0.717, 1.165) is 18.4 Å². The van der Waals surface area contributed by atoms with Gasteiger partial charge in [-0.25, -0.2) is 0 Å². The van der Waals surface area contributed by atoms with Gasteiger partial charge in [0.25, 0.3) is 0 Å². The Morgan fingerprint density at radius 1 is 1.10 bits per heavy atom. The molecule has 1 N–H and O–H groups in total. The lowest BCUT2D eigenvalue weighted by atomic mass is 10.0. The Balaban J connectivity index is 0.00000121. The number of pyridine rings is 1. The van der Waals surface area contributed by atoms with Crippen molar-refractivity contribution in [2.45, 2.75) is 6.54 Å². The molecule has 0 amide bonds. The van der Waals surface area contributed by atoms with Gasteiger partial charge in [0.15, 0.2) is 0 Å². The molecule has 0 saturated carbocycles. The lowest BCUT2D eigenvalue weighted by Crippen LogP contribution is -2.25. The number of nitrogens with one attached hydrogen (secondary N) is 1. The summed E-state index contributed by atoms with van der Waals surface area (Å²) in [5, 5.41) is 4.75. The monoisotopic (exact) mass is 289 g/mol. The van der Waals surface area contributed by atoms with Gasteiger partial charge in [-0.15, -0.1) is 12.4 Å². The molecule has 4 rings (SSSR count). The maximum atomic E-state index is 4.56. The van der Waals surface area contributed by atoms with Crippen LogP contribution in [-0.4, -0.2) is 36.1 Å². The summed E-state index contributed by atoms with van der Waals surface area (Å²) >= 11 is 0. The van der Waals surface area contributed by atoms with E-state index in [4.69, 9.17) is 0 Å². The van der Waals surface area contributed by atoms with Crippen molar-refractivity contribution in [3.63, 3.8) is 0 Å². The summed E-state index contributed by atoms with van der Waals surface area (Å²) in [6, 6.07) is 10.7. The Morgan fingerprint density at radius 2 is 1.85 bits per heavy atom. The number of aromatic nitrogens is 1. The highest BCUT2D eigenvalue weighted by molar-refractivity contribution is 5.85. The zero-order valence-electron chi connectivity index (χ0n) is 11.5. The number of likely N-dealkylation sites (tertiary alicyclic amines) is 1. The highest BCUT2D eigenvalue weighted by atomic mass is 35.5. The quantitative estimate of drug-likeness (QED) is 0.920. The Labute approximate surface area is 125 Å². The molecule has 3 heterocycles. The lowest BCUT2D eigenvalue weighted by Gasteiger charge is -2.17. The highest BCUT2D eigenvalue weighted by Gasteiger charge is 2.35. The molecule has 2 aromatic rings. The molecule has 2 atom stereocenters. The Kier molecular flexibility index (Phi) is 3.92. The molecule has 106 valence electrons. The minimum absolute atomic E-state index is 0. The molecule has 3 nitrogen and oxygen atoms in total. The zero-order chi connectivity index (χ0) is 12.7. The summed E-state index contributed by atoms with van der Waals surface area (Å²) in [6.45, 7) is 5.92. The minimum atomic E-state index is 0. The van der Waals surface area contributed by atoms with E-state index in [1.165, 1.54) is 42.6 Å². The van der Waals surface area contributed by atoms with Crippen molar-refractivity contribution in [2.75, 3.05) is 26.2 Å². The average molecular weight is 290 g/mol. The molecule has 0 radical (unpaired) electrons. The Morgan fingerprint density at radius 3 is 2.65 bits per heavy atom. The third-order valence-electron chi connectivity index (χ3n) is 4.58. The molecule has 2 aliphatic rings. The Hall–Kier alpha value is -1.16. The molecular formula is C16H20ClN3. The molecule has 2 aliphatic heterocycles. The average Bonchev–Trinajstić information content (AvgIpc) is 3.00. The fourth-order valence-electron chi connectivity index (χ4n) is 3.62. The van der Waals surface area contributed by atoms with E-state index in [1.54, 1.807) is 0 Å². The van der Waals surface area contributed by atoms with E-state index < -0.39 is 0 Å². The molecule has 0 spiro atoms. The maximum absolute atomic E-state index is 4.56. The fraction of sp³-hybridized carbons (Fsp3) is 0.438. The Bertz CT molecular complexity index is 584.